The Bertz CT molecular complexity index is 2020. The van der Waals surface area contributed by atoms with Crippen molar-refractivity contribution >= 4 is 73.8 Å². The first-order valence-electron chi connectivity index (χ1n) is 12.3. The van der Waals surface area contributed by atoms with Crippen LogP contribution in [0.5, 0.6) is 0 Å². The van der Waals surface area contributed by atoms with Gasteiger partial charge in [0.1, 0.15) is 39.1 Å². The maximum absolute atomic E-state index is 12.8. The second kappa shape index (κ2) is 14.8. The van der Waals surface area contributed by atoms with E-state index in [1.54, 1.807) is 13.0 Å². The summed E-state index contributed by atoms with van der Waals surface area (Å²) in [6.45, 7) is 1.62. The molecular formula is C25H12Cl4F9N7O2S2. The van der Waals surface area contributed by atoms with Gasteiger partial charge in [0.2, 0.25) is 0 Å². The van der Waals surface area contributed by atoms with Gasteiger partial charge in [-0.2, -0.15) is 60.2 Å². The monoisotopic (exact) mass is 817 g/mol. The minimum absolute atomic E-state index is 0.00738. The largest absolute Gasteiger partial charge is 0.476 e. The van der Waals surface area contributed by atoms with E-state index in [4.69, 9.17) is 62.7 Å². The van der Waals surface area contributed by atoms with Crippen LogP contribution >= 0.6 is 46.4 Å². The Labute approximate surface area is 293 Å². The highest BCUT2D eigenvalue weighted by atomic mass is 35.5. The Balaban J connectivity index is 0.000000266. The van der Waals surface area contributed by atoms with Crippen molar-refractivity contribution < 1.29 is 47.9 Å². The molecular weight excluding hydrogens is 807 g/mol. The number of nitriles is 2. The predicted molar refractivity (Wildman–Crippen MR) is 160 cm³/mol. The average molecular weight is 819 g/mol. The molecule has 0 aliphatic rings. The zero-order chi connectivity index (χ0) is 37.4. The molecule has 0 aliphatic carbocycles. The lowest BCUT2D eigenvalue weighted by Crippen LogP contribution is -2.16. The van der Waals surface area contributed by atoms with E-state index < -0.39 is 76.9 Å². The minimum atomic E-state index is -5.16. The lowest BCUT2D eigenvalue weighted by Gasteiger charge is -2.13. The molecule has 49 heavy (non-hydrogen) atoms. The molecule has 4 aromatic rings. The molecule has 0 spiro atoms. The highest BCUT2D eigenvalue weighted by Crippen LogP contribution is 2.40. The smallest absolute Gasteiger partial charge is 0.383 e. The van der Waals surface area contributed by atoms with Gasteiger partial charge in [0, 0.05) is 11.9 Å². The molecule has 2 unspecified atom stereocenters. The summed E-state index contributed by atoms with van der Waals surface area (Å²) in [7, 11) is -5.16. The molecule has 0 saturated carbocycles. The van der Waals surface area contributed by atoms with Crippen LogP contribution in [0, 0.1) is 22.7 Å². The Hall–Kier alpha value is -3.53. The van der Waals surface area contributed by atoms with Crippen LogP contribution in [0.1, 0.15) is 29.4 Å². The molecule has 0 aliphatic heterocycles. The molecule has 2 aromatic heterocycles. The van der Waals surface area contributed by atoms with Crippen molar-refractivity contribution in [3.05, 3.63) is 73.1 Å². The van der Waals surface area contributed by atoms with Crippen molar-refractivity contribution in [2.24, 2.45) is 0 Å². The first-order valence-corrected chi connectivity index (χ1v) is 16.2. The minimum Gasteiger partial charge on any atom is -0.383 e. The van der Waals surface area contributed by atoms with Gasteiger partial charge in [-0.3, -0.25) is 4.21 Å². The van der Waals surface area contributed by atoms with Gasteiger partial charge in [-0.1, -0.05) is 53.3 Å². The van der Waals surface area contributed by atoms with Gasteiger partial charge in [-0.15, -0.1) is 0 Å². The number of nitrogen functional groups attached to an aromatic ring is 1. The predicted octanol–water partition coefficient (Wildman–Crippen LogP) is 8.48. The fourth-order valence-corrected chi connectivity index (χ4v) is 6.64. The summed E-state index contributed by atoms with van der Waals surface area (Å²) in [5.41, 5.74) is -3.07. The van der Waals surface area contributed by atoms with Crippen molar-refractivity contribution in [1.82, 2.24) is 19.6 Å². The van der Waals surface area contributed by atoms with Crippen LogP contribution < -0.4 is 5.73 Å². The van der Waals surface area contributed by atoms with E-state index in [1.807, 2.05) is 0 Å². The molecule has 4 rings (SSSR count). The van der Waals surface area contributed by atoms with Crippen LogP contribution in [0.2, 0.25) is 20.1 Å². The first-order chi connectivity index (χ1) is 22.5. The SMILES string of the molecule is CCS(=O)c1c(C#N)nn(-c2c(Cl)cc(C(F)(F)F)cc2Cl)c1N.N#Cc1nn(-c2c(Cl)cc(C(F)(F)F)cc2Cl)cc1S(=O)C(F)(F)F. The number of rotatable bonds is 5. The molecule has 0 saturated heterocycles. The van der Waals surface area contributed by atoms with E-state index in [-0.39, 0.29) is 37.9 Å². The molecule has 0 amide bonds. The Morgan fingerprint density at radius 2 is 1.20 bits per heavy atom. The van der Waals surface area contributed by atoms with Crippen molar-refractivity contribution in [2.75, 3.05) is 11.5 Å². The summed E-state index contributed by atoms with van der Waals surface area (Å²) in [5.74, 6) is 0.00859. The maximum Gasteiger partial charge on any atom is 0.476 e. The van der Waals surface area contributed by atoms with Gasteiger partial charge in [0.15, 0.2) is 22.2 Å². The van der Waals surface area contributed by atoms with Crippen LogP contribution in [0.4, 0.5) is 45.3 Å². The zero-order valence-corrected chi connectivity index (χ0v) is 28.1. The normalized spacial score (nSPS) is 13.2. The highest BCUT2D eigenvalue weighted by molar-refractivity contribution is 7.86. The molecule has 24 heteroatoms. The molecule has 2 aromatic carbocycles. The number of nitrogens with two attached hydrogens (primary N) is 1. The summed E-state index contributed by atoms with van der Waals surface area (Å²) >= 11 is 23.3. The van der Waals surface area contributed by atoms with E-state index in [0.717, 1.165) is 4.68 Å². The van der Waals surface area contributed by atoms with E-state index in [9.17, 15) is 47.9 Å². The topological polar surface area (TPSA) is 143 Å². The summed E-state index contributed by atoms with van der Waals surface area (Å²) < 4.78 is 139. The Morgan fingerprint density at radius 1 is 0.776 bits per heavy atom. The van der Waals surface area contributed by atoms with Gasteiger partial charge in [0.25, 0.3) is 0 Å². The molecule has 0 bridgehead atoms. The number of hydrogen-bond donors (Lipinski definition) is 1. The maximum atomic E-state index is 12.8. The third-order valence-corrected chi connectivity index (χ3v) is 9.45. The van der Waals surface area contributed by atoms with E-state index in [1.165, 1.54) is 6.07 Å². The molecule has 2 heterocycles. The second-order valence-corrected chi connectivity index (χ2v) is 13.7. The van der Waals surface area contributed by atoms with Gasteiger partial charge in [-0.05, 0) is 24.3 Å². The van der Waals surface area contributed by atoms with Crippen molar-refractivity contribution in [1.29, 1.82) is 10.5 Å². The Kier molecular flexibility index (Phi) is 12.0. The van der Waals surface area contributed by atoms with Crippen LogP contribution in [0.25, 0.3) is 11.4 Å². The van der Waals surface area contributed by atoms with Crippen LogP contribution in [0.15, 0.2) is 40.3 Å². The van der Waals surface area contributed by atoms with Crippen LogP contribution in [-0.2, 0) is 34.0 Å². The van der Waals surface area contributed by atoms with Gasteiger partial charge in [0.05, 0.1) is 42.0 Å². The number of nitrogens with zero attached hydrogens (tertiary/aromatic N) is 6. The quantitative estimate of drug-likeness (QED) is 0.199. The third kappa shape index (κ3) is 8.62. The van der Waals surface area contributed by atoms with Gasteiger partial charge < -0.3 is 5.73 Å². The summed E-state index contributed by atoms with van der Waals surface area (Å²) in [6, 6.07) is 5.41. The number of halogens is 13. The molecule has 0 fully saturated rings. The van der Waals surface area contributed by atoms with Gasteiger partial charge in [-0.25, -0.2) is 13.6 Å². The van der Waals surface area contributed by atoms with Crippen molar-refractivity contribution in [3.8, 4) is 23.5 Å². The van der Waals surface area contributed by atoms with E-state index in [2.05, 4.69) is 10.2 Å². The van der Waals surface area contributed by atoms with Crippen LogP contribution in [0.3, 0.4) is 0 Å². The summed E-state index contributed by atoms with van der Waals surface area (Å²) in [6.07, 6.45) is -8.81. The molecule has 2 atom stereocenters. The zero-order valence-electron chi connectivity index (χ0n) is 23.4. The number of benzene rings is 2. The lowest BCUT2D eigenvalue weighted by atomic mass is 10.2. The third-order valence-electron chi connectivity index (χ3n) is 5.80. The van der Waals surface area contributed by atoms with Gasteiger partial charge >= 0.3 is 17.9 Å². The fraction of sp³-hybridized carbons (Fsp3) is 0.200. The number of hydrogen-bond acceptors (Lipinski definition) is 7. The number of aromatic nitrogens is 4. The number of alkyl halides is 9. The van der Waals surface area contributed by atoms with E-state index >= 15 is 0 Å². The van der Waals surface area contributed by atoms with Crippen molar-refractivity contribution in [2.45, 2.75) is 34.6 Å². The number of anilines is 1. The van der Waals surface area contributed by atoms with Crippen molar-refractivity contribution in [3.63, 3.8) is 0 Å². The Morgan fingerprint density at radius 3 is 1.57 bits per heavy atom. The molecule has 2 N–H and O–H groups in total. The summed E-state index contributed by atoms with van der Waals surface area (Å²) in [4.78, 5) is -0.978. The average Bonchev–Trinajstić information content (AvgIpc) is 3.55. The first kappa shape index (κ1) is 39.9. The lowest BCUT2D eigenvalue weighted by molar-refractivity contribution is -0.138. The summed E-state index contributed by atoms with van der Waals surface area (Å²) in [5, 5.41) is 23.4. The molecule has 262 valence electrons. The van der Waals surface area contributed by atoms with E-state index in [0.29, 0.717) is 35.1 Å². The highest BCUT2D eigenvalue weighted by Gasteiger charge is 2.41. The molecule has 9 nitrogen and oxygen atoms in total. The second-order valence-electron chi connectivity index (χ2n) is 8.91. The molecule has 0 radical (unpaired) electrons. The van der Waals surface area contributed by atoms with Crippen LogP contribution in [-0.4, -0.2) is 39.2 Å². The standard InChI is InChI=1S/C13H9Cl2F3N4OS.C12H3Cl2F6N3OS/c1-2-24(23)11-9(5-19)21-22(12(11)20)10-7(14)3-6(4-8(10)15)13(16,17)18;13-6-1-5(11(15,16)17)2-7(14)10(6)23-4-9(8(3-21)22-23)25(24)12(18,19)20/h3-4H,2,20H2,1H3;1-2,4H. The fourth-order valence-electron chi connectivity index (χ4n) is 3.72.